The van der Waals surface area contributed by atoms with E-state index in [1.54, 1.807) is 0 Å². The molecule has 20 aromatic rings. The van der Waals surface area contributed by atoms with E-state index in [9.17, 15) is 0 Å². The maximum Gasteiger partial charge on any atom is 0.166 e. The van der Waals surface area contributed by atoms with E-state index in [1.807, 2.05) is 22.7 Å². The Labute approximate surface area is 522 Å². The van der Waals surface area contributed by atoms with E-state index in [1.165, 1.54) is 52.5 Å². The Hall–Kier alpha value is -11.5. The molecule has 0 bridgehead atoms. The lowest BCUT2D eigenvalue weighted by Gasteiger charge is -2.21. The third kappa shape index (κ3) is 6.95. The third-order valence-electron chi connectivity index (χ3n) is 18.6. The molecule has 0 radical (unpaired) electrons. The third-order valence-corrected chi connectivity index (χ3v) is 21.0. The van der Waals surface area contributed by atoms with E-state index < -0.39 is 0 Å². The molecule has 0 N–H and O–H groups in total. The largest absolute Gasteiger partial charge is 0.308 e. The van der Waals surface area contributed by atoms with Crippen LogP contribution in [0.2, 0.25) is 0 Å². The number of rotatable bonds is 7. The highest BCUT2D eigenvalue weighted by atomic mass is 32.1. The number of thiophene rings is 2. The summed E-state index contributed by atoms with van der Waals surface area (Å²) in [7, 11) is 0. The van der Waals surface area contributed by atoms with Crippen molar-refractivity contribution in [3.05, 3.63) is 285 Å². The van der Waals surface area contributed by atoms with E-state index >= 15 is 0 Å². The van der Waals surface area contributed by atoms with Gasteiger partial charge in [0.25, 0.3) is 0 Å². The molecule has 0 aliphatic heterocycles. The van der Waals surface area contributed by atoms with Crippen molar-refractivity contribution in [2.45, 2.75) is 0 Å². The number of hydrogen-bond acceptors (Lipinski definition) is 5. The summed E-state index contributed by atoms with van der Waals surface area (Å²) in [4.78, 5) is 17.9. The number of nitrogens with zero attached hydrogens (tertiary/aromatic N) is 7. The quantitative estimate of drug-likeness (QED) is 0.160. The van der Waals surface area contributed by atoms with Crippen LogP contribution in [0.1, 0.15) is 0 Å². The second-order valence-corrected chi connectivity index (χ2v) is 25.4. The summed E-state index contributed by atoms with van der Waals surface area (Å²) in [5.41, 5.74) is 15.7. The molecular weight excluding hydrogens is 1140 g/mol. The molecule has 90 heavy (non-hydrogen) atoms. The molecule has 0 saturated carbocycles. The zero-order chi connectivity index (χ0) is 58.7. The predicted molar refractivity (Wildman–Crippen MR) is 379 cm³/mol. The molecule has 0 saturated heterocycles. The fourth-order valence-electron chi connectivity index (χ4n) is 14.9. The maximum atomic E-state index is 6.17. The molecule has 0 amide bonds. The van der Waals surface area contributed by atoms with Crippen molar-refractivity contribution in [1.82, 2.24) is 33.2 Å². The van der Waals surface area contributed by atoms with Crippen molar-refractivity contribution in [2.24, 2.45) is 0 Å². The van der Waals surface area contributed by atoms with Gasteiger partial charge in [-0.05, 0) is 72.8 Å². The molecule has 7 heterocycles. The lowest BCUT2D eigenvalue weighted by atomic mass is 9.99. The summed E-state index contributed by atoms with van der Waals surface area (Å²) in [6.45, 7) is 0. The minimum absolute atomic E-state index is 0.574. The minimum Gasteiger partial charge on any atom is -0.308 e. The number of benzene rings is 13. The summed E-state index contributed by atoms with van der Waals surface area (Å²) in [6, 6.07) is 104. The van der Waals surface area contributed by atoms with Gasteiger partial charge in [0.1, 0.15) is 0 Å². The van der Waals surface area contributed by atoms with Crippen molar-refractivity contribution in [2.75, 3.05) is 0 Å². The molecule has 418 valence electrons. The molecule has 7 nitrogen and oxygen atoms in total. The van der Waals surface area contributed by atoms with Crippen LogP contribution in [0.15, 0.2) is 285 Å². The van der Waals surface area contributed by atoms with Gasteiger partial charge in [0.15, 0.2) is 17.5 Å². The zero-order valence-electron chi connectivity index (χ0n) is 48.1. The van der Waals surface area contributed by atoms with Gasteiger partial charge >= 0.3 is 0 Å². The first-order valence-electron chi connectivity index (χ1n) is 30.4. The monoisotopic (exact) mass is 1180 g/mol. The first-order chi connectivity index (χ1) is 44.7. The van der Waals surface area contributed by atoms with Gasteiger partial charge in [-0.2, -0.15) is 0 Å². The Bertz CT molecular complexity index is 5850. The summed E-state index contributed by atoms with van der Waals surface area (Å²) < 4.78 is 14.6. The lowest BCUT2D eigenvalue weighted by Crippen LogP contribution is -2.08. The normalized spacial score (nSPS) is 12.2. The molecule has 0 aliphatic rings. The zero-order valence-corrected chi connectivity index (χ0v) is 49.7. The number of fused-ring (bicyclic) bond motifs is 18. The Balaban J connectivity index is 0.999. The SMILES string of the molecule is c1ccc(-c2nc(-c3c(-n4c5ccccc5c5ccccc54)cc(-n4c5ccccc5c5ccccc54)c4sc5ccccc5c34)nc(-c3c(-n4c5ccccc5c5ccccc54)cc(-n4c5ccccc5c5ccccc54)c4sc5ccccc5c34)n2)cc1. The van der Waals surface area contributed by atoms with Crippen LogP contribution in [0.3, 0.4) is 0 Å². The fourth-order valence-corrected chi connectivity index (χ4v) is 17.4. The molecule has 0 fully saturated rings. The van der Waals surface area contributed by atoms with Crippen LogP contribution < -0.4 is 0 Å². The summed E-state index contributed by atoms with van der Waals surface area (Å²) in [6.07, 6.45) is 0. The van der Waals surface area contributed by atoms with E-state index in [-0.39, 0.29) is 0 Å². The molecule has 0 unspecified atom stereocenters. The van der Waals surface area contributed by atoms with E-state index in [0.29, 0.717) is 17.5 Å². The highest BCUT2D eigenvalue weighted by Gasteiger charge is 2.31. The van der Waals surface area contributed by atoms with Crippen LogP contribution in [0.5, 0.6) is 0 Å². The first kappa shape index (κ1) is 49.6. The Kier molecular flexibility index (Phi) is 10.5. The van der Waals surface area contributed by atoms with Crippen LogP contribution in [-0.4, -0.2) is 33.2 Å². The average molecular weight is 1180 g/mol. The van der Waals surface area contributed by atoms with Gasteiger partial charge in [0.05, 0.1) is 87.4 Å². The lowest BCUT2D eigenvalue weighted by molar-refractivity contribution is 1.06. The highest BCUT2D eigenvalue weighted by Crippen LogP contribution is 2.52. The number of aromatic nitrogens is 7. The minimum atomic E-state index is 0.574. The Morgan fingerprint density at radius 2 is 0.467 bits per heavy atom. The van der Waals surface area contributed by atoms with Crippen LogP contribution in [0, 0.1) is 0 Å². The van der Waals surface area contributed by atoms with Crippen LogP contribution in [0.4, 0.5) is 0 Å². The molecule has 13 aromatic carbocycles. The van der Waals surface area contributed by atoms with E-state index in [2.05, 4.69) is 303 Å². The molecule has 9 heteroatoms. The van der Waals surface area contributed by atoms with Crippen molar-refractivity contribution in [3.63, 3.8) is 0 Å². The summed E-state index contributed by atoms with van der Waals surface area (Å²) in [5, 5.41) is 13.9. The average Bonchev–Trinajstić information content (AvgIpc) is 1.52. The topological polar surface area (TPSA) is 58.4 Å². The Morgan fingerprint density at radius 3 is 0.778 bits per heavy atom. The first-order valence-corrected chi connectivity index (χ1v) is 32.1. The van der Waals surface area contributed by atoms with E-state index in [0.717, 1.165) is 115 Å². The molecule has 0 atom stereocenters. The summed E-state index contributed by atoms with van der Waals surface area (Å²) >= 11 is 3.66. The summed E-state index contributed by atoms with van der Waals surface area (Å²) in [5.74, 6) is 1.73. The second-order valence-electron chi connectivity index (χ2n) is 23.3. The van der Waals surface area contributed by atoms with Crippen LogP contribution in [-0.2, 0) is 0 Å². The molecule has 0 spiro atoms. The van der Waals surface area contributed by atoms with Gasteiger partial charge in [-0.15, -0.1) is 22.7 Å². The van der Waals surface area contributed by atoms with Gasteiger partial charge in [-0.3, -0.25) is 0 Å². The van der Waals surface area contributed by atoms with E-state index in [4.69, 9.17) is 15.0 Å². The molecular formula is C81H47N7S2. The standard InChI is InChI=1S/C81H47N7S2/c1-2-24-48(25-3-1)79-82-80(75-67(85-59-36-14-4-26-49(59)50-27-5-15-37-60(50)85)46-69(77-73(75)57-34-12-22-44-71(57)89-77)87-63-40-18-8-30-53(63)54-31-9-19-41-64(54)87)84-81(83-79)76-68(86-61-38-16-6-28-51(61)52-29-7-17-39-62(52)86)47-70(78-74(76)58-35-13-23-45-72(58)90-78)88-65-42-20-10-32-55(65)56-33-11-21-43-66(56)88/h1-47H. The van der Waals surface area contributed by atoms with Gasteiger partial charge in [-0.25, -0.2) is 15.0 Å². The second kappa shape index (κ2) is 19.0. The predicted octanol–water partition coefficient (Wildman–Crippen LogP) is 22.0. The molecule has 0 aliphatic carbocycles. The van der Waals surface area contributed by atoms with Crippen LogP contribution in [0.25, 0.3) is 184 Å². The highest BCUT2D eigenvalue weighted by molar-refractivity contribution is 7.26. The van der Waals surface area contributed by atoms with Gasteiger partial charge in [0.2, 0.25) is 0 Å². The molecule has 7 aromatic heterocycles. The fraction of sp³-hybridized carbons (Fsp3) is 0. The van der Waals surface area contributed by atoms with Gasteiger partial charge in [-0.1, -0.05) is 212 Å². The molecule has 20 rings (SSSR count). The van der Waals surface area contributed by atoms with Gasteiger partial charge < -0.3 is 18.3 Å². The van der Waals surface area contributed by atoms with Crippen molar-refractivity contribution < 1.29 is 0 Å². The number of para-hydroxylation sites is 8. The Morgan fingerprint density at radius 1 is 0.222 bits per heavy atom. The van der Waals surface area contributed by atoms with Crippen molar-refractivity contribution >= 4 is 150 Å². The van der Waals surface area contributed by atoms with Crippen LogP contribution >= 0.6 is 22.7 Å². The maximum absolute atomic E-state index is 6.17. The van der Waals surface area contributed by atoms with Crippen molar-refractivity contribution in [1.29, 1.82) is 0 Å². The number of hydrogen-bond donors (Lipinski definition) is 0. The van der Waals surface area contributed by atoms with Gasteiger partial charge in [0, 0.05) is 79.6 Å². The van der Waals surface area contributed by atoms with Crippen molar-refractivity contribution in [3.8, 4) is 56.9 Å². The smallest absolute Gasteiger partial charge is 0.166 e.